The normalized spacial score (nSPS) is 33.6. The standard InChI is InChI=1S/C15H28N2O3/c1-17-9-7-11(8-10-17)15(19)16-12-5-3-4-6-13(20-2)14(12)18/h11-14,18H,3-10H2,1-2H3,(H,16,19)/t12-,13-,14-/m1/s1. The summed E-state index contributed by atoms with van der Waals surface area (Å²) in [5.74, 6) is 0.210. The van der Waals surface area contributed by atoms with Crippen molar-refractivity contribution in [3.05, 3.63) is 0 Å². The molecule has 0 aromatic heterocycles. The average molecular weight is 284 g/mol. The van der Waals surface area contributed by atoms with Gasteiger partial charge in [0, 0.05) is 13.0 Å². The number of rotatable bonds is 3. The number of amides is 1. The van der Waals surface area contributed by atoms with Crippen LogP contribution in [0.15, 0.2) is 0 Å². The first-order valence-corrected chi connectivity index (χ1v) is 7.81. The fourth-order valence-corrected chi connectivity index (χ4v) is 3.30. The minimum Gasteiger partial charge on any atom is -0.388 e. The Balaban J connectivity index is 1.88. The van der Waals surface area contributed by atoms with Crippen molar-refractivity contribution in [2.24, 2.45) is 5.92 Å². The Morgan fingerprint density at radius 3 is 2.50 bits per heavy atom. The van der Waals surface area contributed by atoms with Crippen molar-refractivity contribution < 1.29 is 14.6 Å². The molecule has 1 aliphatic carbocycles. The number of piperidine rings is 1. The predicted octanol–water partition coefficient (Wildman–Crippen LogP) is 0.763. The van der Waals surface area contributed by atoms with Gasteiger partial charge in [-0.15, -0.1) is 0 Å². The summed E-state index contributed by atoms with van der Waals surface area (Å²) in [5, 5.41) is 13.4. The van der Waals surface area contributed by atoms with Crippen LogP contribution in [-0.4, -0.2) is 61.4 Å². The van der Waals surface area contributed by atoms with Gasteiger partial charge in [-0.05, 0) is 45.8 Å². The van der Waals surface area contributed by atoms with Crippen LogP contribution in [0.4, 0.5) is 0 Å². The second-order valence-electron chi connectivity index (χ2n) is 6.24. The van der Waals surface area contributed by atoms with Crippen LogP contribution in [0.5, 0.6) is 0 Å². The van der Waals surface area contributed by atoms with Crippen molar-refractivity contribution in [3.63, 3.8) is 0 Å². The minimum absolute atomic E-state index is 0.0997. The molecule has 2 N–H and O–H groups in total. The quantitative estimate of drug-likeness (QED) is 0.751. The Morgan fingerprint density at radius 2 is 1.85 bits per heavy atom. The Kier molecular flexibility index (Phi) is 5.81. The molecule has 0 spiro atoms. The van der Waals surface area contributed by atoms with Gasteiger partial charge in [-0.2, -0.15) is 0 Å². The summed E-state index contributed by atoms with van der Waals surface area (Å²) in [7, 11) is 3.72. The molecule has 3 atom stereocenters. The highest BCUT2D eigenvalue weighted by Gasteiger charge is 2.33. The zero-order chi connectivity index (χ0) is 14.5. The maximum atomic E-state index is 12.3. The monoisotopic (exact) mass is 284 g/mol. The lowest BCUT2D eigenvalue weighted by Crippen LogP contribution is -2.50. The van der Waals surface area contributed by atoms with Gasteiger partial charge < -0.3 is 20.1 Å². The van der Waals surface area contributed by atoms with Gasteiger partial charge in [0.15, 0.2) is 0 Å². The molecule has 0 unspecified atom stereocenters. The molecule has 116 valence electrons. The number of methoxy groups -OCH3 is 1. The third kappa shape index (κ3) is 3.93. The maximum Gasteiger partial charge on any atom is 0.223 e. The number of nitrogens with one attached hydrogen (secondary N) is 1. The maximum absolute atomic E-state index is 12.3. The number of aliphatic hydroxyl groups excluding tert-OH is 1. The molecule has 1 amide bonds. The van der Waals surface area contributed by atoms with Gasteiger partial charge in [0.2, 0.25) is 5.91 Å². The molecule has 0 aromatic carbocycles. The van der Waals surface area contributed by atoms with E-state index < -0.39 is 6.10 Å². The van der Waals surface area contributed by atoms with Gasteiger partial charge in [-0.25, -0.2) is 0 Å². The Bertz CT molecular complexity index is 316. The number of nitrogens with zero attached hydrogens (tertiary/aromatic N) is 1. The topological polar surface area (TPSA) is 61.8 Å². The molecular weight excluding hydrogens is 256 g/mol. The second-order valence-corrected chi connectivity index (χ2v) is 6.24. The van der Waals surface area contributed by atoms with E-state index in [4.69, 9.17) is 4.74 Å². The first-order valence-electron chi connectivity index (χ1n) is 7.81. The average Bonchev–Trinajstić information content (AvgIpc) is 2.62. The summed E-state index contributed by atoms with van der Waals surface area (Å²) < 4.78 is 5.35. The summed E-state index contributed by atoms with van der Waals surface area (Å²) >= 11 is 0. The molecule has 5 nitrogen and oxygen atoms in total. The van der Waals surface area contributed by atoms with E-state index in [1.807, 2.05) is 0 Å². The van der Waals surface area contributed by atoms with Crippen molar-refractivity contribution in [1.29, 1.82) is 0 Å². The molecular formula is C15H28N2O3. The summed E-state index contributed by atoms with van der Waals surface area (Å²) in [4.78, 5) is 14.6. The highest BCUT2D eigenvalue weighted by molar-refractivity contribution is 5.79. The molecule has 2 aliphatic rings. The molecule has 1 aliphatic heterocycles. The lowest BCUT2D eigenvalue weighted by atomic mass is 9.95. The zero-order valence-corrected chi connectivity index (χ0v) is 12.7. The van der Waals surface area contributed by atoms with Crippen LogP contribution < -0.4 is 5.32 Å². The summed E-state index contributed by atoms with van der Waals surface area (Å²) in [6.45, 7) is 1.96. The van der Waals surface area contributed by atoms with E-state index in [0.717, 1.165) is 51.6 Å². The van der Waals surface area contributed by atoms with Crippen molar-refractivity contribution in [1.82, 2.24) is 10.2 Å². The van der Waals surface area contributed by atoms with Crippen molar-refractivity contribution in [2.45, 2.75) is 56.8 Å². The van der Waals surface area contributed by atoms with Gasteiger partial charge in [0.1, 0.15) is 6.10 Å². The molecule has 5 heteroatoms. The fraction of sp³-hybridized carbons (Fsp3) is 0.933. The van der Waals surface area contributed by atoms with Crippen LogP contribution in [0.3, 0.4) is 0 Å². The Hall–Kier alpha value is -0.650. The molecule has 1 saturated carbocycles. The third-order valence-corrected chi connectivity index (χ3v) is 4.77. The Labute approximate surface area is 121 Å². The van der Waals surface area contributed by atoms with Gasteiger partial charge in [0.25, 0.3) is 0 Å². The van der Waals surface area contributed by atoms with E-state index >= 15 is 0 Å². The van der Waals surface area contributed by atoms with Gasteiger partial charge in [0.05, 0.1) is 12.1 Å². The van der Waals surface area contributed by atoms with Crippen LogP contribution in [0.1, 0.15) is 38.5 Å². The molecule has 0 aromatic rings. The lowest BCUT2D eigenvalue weighted by Gasteiger charge is -2.31. The van der Waals surface area contributed by atoms with Crippen LogP contribution in [0.25, 0.3) is 0 Å². The van der Waals surface area contributed by atoms with Crippen molar-refractivity contribution >= 4 is 5.91 Å². The van der Waals surface area contributed by atoms with Crippen LogP contribution in [0, 0.1) is 5.92 Å². The smallest absolute Gasteiger partial charge is 0.223 e. The van der Waals surface area contributed by atoms with Crippen LogP contribution in [-0.2, 0) is 9.53 Å². The van der Waals surface area contributed by atoms with Gasteiger partial charge >= 0.3 is 0 Å². The SMILES string of the molecule is CO[C@@H]1CCCC[C@@H](NC(=O)C2CCN(C)CC2)[C@H]1O. The van der Waals surface area contributed by atoms with E-state index in [0.29, 0.717) is 0 Å². The number of aliphatic hydroxyl groups is 1. The third-order valence-electron chi connectivity index (χ3n) is 4.77. The largest absolute Gasteiger partial charge is 0.388 e. The molecule has 0 bridgehead atoms. The number of ether oxygens (including phenoxy) is 1. The lowest BCUT2D eigenvalue weighted by molar-refractivity contribution is -0.129. The number of carbonyl (C=O) groups excluding carboxylic acids is 1. The van der Waals surface area contributed by atoms with E-state index in [1.165, 1.54) is 0 Å². The minimum atomic E-state index is -0.585. The summed E-state index contributed by atoms with van der Waals surface area (Å²) in [5.41, 5.74) is 0. The van der Waals surface area contributed by atoms with Crippen LogP contribution >= 0.6 is 0 Å². The van der Waals surface area contributed by atoms with E-state index in [2.05, 4.69) is 17.3 Å². The molecule has 20 heavy (non-hydrogen) atoms. The van der Waals surface area contributed by atoms with E-state index in [9.17, 15) is 9.90 Å². The molecule has 2 rings (SSSR count). The Morgan fingerprint density at radius 1 is 1.20 bits per heavy atom. The van der Waals surface area contributed by atoms with Crippen LogP contribution in [0.2, 0.25) is 0 Å². The van der Waals surface area contributed by atoms with Gasteiger partial charge in [-0.1, -0.05) is 12.8 Å². The summed E-state index contributed by atoms with van der Waals surface area (Å²) in [6, 6.07) is -0.158. The van der Waals surface area contributed by atoms with Gasteiger partial charge in [-0.3, -0.25) is 4.79 Å². The molecule has 0 radical (unpaired) electrons. The molecule has 1 saturated heterocycles. The number of hydrogen-bond donors (Lipinski definition) is 2. The number of carbonyl (C=O) groups is 1. The first kappa shape index (κ1) is 15.7. The first-order chi connectivity index (χ1) is 9.61. The molecule has 1 heterocycles. The molecule has 2 fully saturated rings. The highest BCUT2D eigenvalue weighted by atomic mass is 16.5. The highest BCUT2D eigenvalue weighted by Crippen LogP contribution is 2.22. The van der Waals surface area contributed by atoms with Crippen molar-refractivity contribution in [2.75, 3.05) is 27.2 Å². The van der Waals surface area contributed by atoms with Crippen molar-refractivity contribution in [3.8, 4) is 0 Å². The zero-order valence-electron chi connectivity index (χ0n) is 12.7. The fourth-order valence-electron chi connectivity index (χ4n) is 3.30. The van der Waals surface area contributed by atoms with E-state index in [1.54, 1.807) is 7.11 Å². The predicted molar refractivity (Wildman–Crippen MR) is 77.4 cm³/mol. The number of likely N-dealkylation sites (tertiary alicyclic amines) is 1. The van der Waals surface area contributed by atoms with E-state index in [-0.39, 0.29) is 24.0 Å². The number of hydrogen-bond acceptors (Lipinski definition) is 4. The summed E-state index contributed by atoms with van der Waals surface area (Å²) in [6.07, 6.45) is 4.90. The second kappa shape index (κ2) is 7.38.